The Balaban J connectivity index is 2.30. The summed E-state index contributed by atoms with van der Waals surface area (Å²) in [5.74, 6) is -0.857. The van der Waals surface area contributed by atoms with Gasteiger partial charge in [0.25, 0.3) is 0 Å². The number of aliphatic hydroxyl groups is 1. The third-order valence-corrected chi connectivity index (χ3v) is 3.16. The first kappa shape index (κ1) is 13.3. The minimum absolute atomic E-state index is 0.0334. The molecule has 1 fully saturated rings. The highest BCUT2D eigenvalue weighted by atomic mass is 19.4. The summed E-state index contributed by atoms with van der Waals surface area (Å²) in [4.78, 5) is 0. The molecule has 0 saturated heterocycles. The molecule has 0 heterocycles. The Morgan fingerprint density at radius 2 is 1.89 bits per heavy atom. The van der Waals surface area contributed by atoms with Gasteiger partial charge in [-0.15, -0.1) is 0 Å². The highest BCUT2D eigenvalue weighted by molar-refractivity contribution is 5.30. The lowest BCUT2D eigenvalue weighted by atomic mass is 9.97. The molecule has 0 aliphatic heterocycles. The van der Waals surface area contributed by atoms with Crippen LogP contribution in [-0.2, 0) is 6.18 Å². The van der Waals surface area contributed by atoms with Crippen LogP contribution in [0.5, 0.6) is 0 Å². The minimum atomic E-state index is -4.55. The molecule has 0 radical (unpaired) electrons. The number of nitrogens with two attached hydrogens (primary N) is 1. The van der Waals surface area contributed by atoms with Gasteiger partial charge in [0, 0.05) is 5.56 Å². The smallest absolute Gasteiger partial charge is 0.391 e. The molecule has 0 bridgehead atoms. The zero-order valence-corrected chi connectivity index (χ0v) is 9.41. The fourth-order valence-corrected chi connectivity index (χ4v) is 1.89. The average molecular weight is 263 g/mol. The van der Waals surface area contributed by atoms with Gasteiger partial charge in [-0.25, -0.2) is 4.39 Å². The average Bonchev–Trinajstić information content (AvgIpc) is 3.10. The molecule has 18 heavy (non-hydrogen) atoms. The van der Waals surface area contributed by atoms with Crippen molar-refractivity contribution in [2.24, 2.45) is 11.7 Å². The van der Waals surface area contributed by atoms with Crippen molar-refractivity contribution in [1.82, 2.24) is 0 Å². The lowest BCUT2D eigenvalue weighted by molar-refractivity contribution is -0.137. The Labute approximate surface area is 101 Å². The molecule has 1 aliphatic carbocycles. The van der Waals surface area contributed by atoms with Gasteiger partial charge >= 0.3 is 6.18 Å². The Kier molecular flexibility index (Phi) is 3.33. The third-order valence-electron chi connectivity index (χ3n) is 3.16. The Bertz CT molecular complexity index is 442. The zero-order valence-electron chi connectivity index (χ0n) is 9.41. The maximum absolute atomic E-state index is 13.5. The highest BCUT2D eigenvalue weighted by Gasteiger charge is 2.37. The van der Waals surface area contributed by atoms with Crippen LogP contribution in [0.25, 0.3) is 0 Å². The van der Waals surface area contributed by atoms with Gasteiger partial charge in [-0.1, -0.05) is 0 Å². The second-order valence-electron chi connectivity index (χ2n) is 4.59. The van der Waals surface area contributed by atoms with E-state index in [2.05, 4.69) is 0 Å². The summed E-state index contributed by atoms with van der Waals surface area (Å²) >= 11 is 0. The Morgan fingerprint density at radius 1 is 1.28 bits per heavy atom. The predicted molar refractivity (Wildman–Crippen MR) is 57.1 cm³/mol. The van der Waals surface area contributed by atoms with Crippen molar-refractivity contribution in [3.8, 4) is 0 Å². The van der Waals surface area contributed by atoms with Gasteiger partial charge in [0.05, 0.1) is 17.7 Å². The summed E-state index contributed by atoms with van der Waals surface area (Å²) in [5, 5.41) is 9.76. The van der Waals surface area contributed by atoms with Crippen molar-refractivity contribution in [1.29, 1.82) is 0 Å². The van der Waals surface area contributed by atoms with Crippen molar-refractivity contribution < 1.29 is 22.7 Å². The molecule has 2 nitrogen and oxygen atoms in total. The number of halogens is 4. The molecule has 1 aromatic rings. The van der Waals surface area contributed by atoms with Gasteiger partial charge < -0.3 is 10.8 Å². The third kappa shape index (κ3) is 2.64. The number of hydrogen-bond donors (Lipinski definition) is 2. The fourth-order valence-electron chi connectivity index (χ4n) is 1.89. The van der Waals surface area contributed by atoms with Crippen molar-refractivity contribution in [3.05, 3.63) is 35.1 Å². The first-order valence-corrected chi connectivity index (χ1v) is 5.61. The molecular formula is C12H13F4NO. The predicted octanol–water partition coefficient (Wildman–Crippen LogP) is 2.62. The van der Waals surface area contributed by atoms with Crippen molar-refractivity contribution in [2.75, 3.05) is 0 Å². The van der Waals surface area contributed by atoms with E-state index in [4.69, 9.17) is 5.73 Å². The van der Waals surface area contributed by atoms with E-state index in [-0.39, 0.29) is 11.5 Å². The first-order valence-electron chi connectivity index (χ1n) is 5.61. The van der Waals surface area contributed by atoms with Gasteiger partial charge in [0.2, 0.25) is 0 Å². The van der Waals surface area contributed by atoms with Crippen LogP contribution in [0, 0.1) is 11.7 Å². The number of hydrogen-bond acceptors (Lipinski definition) is 2. The summed E-state index contributed by atoms with van der Waals surface area (Å²) in [6.07, 6.45) is -4.00. The van der Waals surface area contributed by atoms with Crippen molar-refractivity contribution in [2.45, 2.75) is 31.2 Å². The number of aliphatic hydroxyl groups excluding tert-OH is 1. The SMILES string of the molecule is N[C@H](c1cc(C(F)(F)F)ccc1F)[C@@H](O)C1CC1. The van der Waals surface area contributed by atoms with Crippen LogP contribution >= 0.6 is 0 Å². The zero-order chi connectivity index (χ0) is 13.5. The number of benzene rings is 1. The quantitative estimate of drug-likeness (QED) is 0.823. The van der Waals surface area contributed by atoms with E-state index >= 15 is 0 Å². The summed E-state index contributed by atoms with van der Waals surface area (Å²) in [7, 11) is 0. The normalized spacial score (nSPS) is 19.7. The van der Waals surface area contributed by atoms with E-state index in [9.17, 15) is 22.7 Å². The van der Waals surface area contributed by atoms with Gasteiger partial charge in [-0.05, 0) is 37.0 Å². The molecule has 0 amide bonds. The lowest BCUT2D eigenvalue weighted by Crippen LogP contribution is -2.29. The first-order chi connectivity index (χ1) is 8.30. The Hall–Kier alpha value is -1.14. The van der Waals surface area contributed by atoms with Gasteiger partial charge in [0.15, 0.2) is 0 Å². The van der Waals surface area contributed by atoms with Gasteiger partial charge in [-0.2, -0.15) is 13.2 Å². The van der Waals surface area contributed by atoms with Crippen LogP contribution in [0.2, 0.25) is 0 Å². The van der Waals surface area contributed by atoms with E-state index < -0.39 is 29.7 Å². The molecule has 0 unspecified atom stereocenters. The van der Waals surface area contributed by atoms with Crippen LogP contribution in [0.1, 0.15) is 30.0 Å². The standard InChI is InChI=1S/C12H13F4NO/c13-9-4-3-7(12(14,15)16)5-8(9)10(17)11(18)6-1-2-6/h3-6,10-11,18H,1-2,17H2/t10-,11+/m1/s1. The number of rotatable bonds is 3. The van der Waals surface area contributed by atoms with Crippen molar-refractivity contribution in [3.63, 3.8) is 0 Å². The summed E-state index contributed by atoms with van der Waals surface area (Å²) in [6.45, 7) is 0. The van der Waals surface area contributed by atoms with E-state index in [0.717, 1.165) is 18.9 Å². The Morgan fingerprint density at radius 3 is 2.39 bits per heavy atom. The molecule has 6 heteroatoms. The van der Waals surface area contributed by atoms with Crippen LogP contribution in [0.15, 0.2) is 18.2 Å². The maximum Gasteiger partial charge on any atom is 0.416 e. The topological polar surface area (TPSA) is 46.2 Å². The largest absolute Gasteiger partial charge is 0.416 e. The van der Waals surface area contributed by atoms with Crippen LogP contribution in [0.4, 0.5) is 17.6 Å². The van der Waals surface area contributed by atoms with E-state index in [1.165, 1.54) is 0 Å². The molecule has 1 aromatic carbocycles. The van der Waals surface area contributed by atoms with Gasteiger partial charge in [-0.3, -0.25) is 0 Å². The number of alkyl halides is 3. The van der Waals surface area contributed by atoms with Crippen LogP contribution < -0.4 is 5.73 Å². The molecule has 2 rings (SSSR count). The minimum Gasteiger partial charge on any atom is -0.391 e. The molecule has 1 saturated carbocycles. The molecule has 0 spiro atoms. The molecule has 0 aromatic heterocycles. The van der Waals surface area contributed by atoms with E-state index in [1.54, 1.807) is 0 Å². The van der Waals surface area contributed by atoms with Crippen molar-refractivity contribution >= 4 is 0 Å². The monoisotopic (exact) mass is 263 g/mol. The molecular weight excluding hydrogens is 250 g/mol. The highest BCUT2D eigenvalue weighted by Crippen LogP contribution is 2.38. The molecule has 1 aliphatic rings. The lowest BCUT2D eigenvalue weighted by Gasteiger charge is -2.20. The molecule has 3 N–H and O–H groups in total. The summed E-state index contributed by atoms with van der Waals surface area (Å²) < 4.78 is 51.0. The second-order valence-corrected chi connectivity index (χ2v) is 4.59. The second kappa shape index (κ2) is 4.51. The van der Waals surface area contributed by atoms with Crippen LogP contribution in [0.3, 0.4) is 0 Å². The van der Waals surface area contributed by atoms with E-state index in [0.29, 0.717) is 12.1 Å². The van der Waals surface area contributed by atoms with E-state index in [1.807, 2.05) is 0 Å². The van der Waals surface area contributed by atoms with Gasteiger partial charge in [0.1, 0.15) is 5.82 Å². The molecule has 100 valence electrons. The summed E-state index contributed by atoms with van der Waals surface area (Å²) in [6, 6.07) is 0.943. The fraction of sp³-hybridized carbons (Fsp3) is 0.500. The van der Waals surface area contributed by atoms with Crippen LogP contribution in [-0.4, -0.2) is 11.2 Å². The molecule has 2 atom stereocenters. The summed E-state index contributed by atoms with van der Waals surface area (Å²) in [5.41, 5.74) is 4.39. The maximum atomic E-state index is 13.5.